The fourth-order valence-electron chi connectivity index (χ4n) is 2.59. The number of carbonyl (C=O) groups is 2. The summed E-state index contributed by atoms with van der Waals surface area (Å²) in [7, 11) is 1.53. The minimum absolute atomic E-state index is 0.205. The van der Waals surface area contributed by atoms with Gasteiger partial charge in [0.1, 0.15) is 5.69 Å². The van der Waals surface area contributed by atoms with Gasteiger partial charge in [0.05, 0.1) is 13.3 Å². The molecule has 1 saturated heterocycles. The largest absolute Gasteiger partial charge is 0.480 e. The Morgan fingerprint density at radius 3 is 3.04 bits per heavy atom. The van der Waals surface area contributed by atoms with Crippen LogP contribution < -0.4 is 10.1 Å². The monoisotopic (exact) mass is 317 g/mol. The minimum Gasteiger partial charge on any atom is -0.480 e. The molecule has 0 atom stereocenters. The molecule has 1 fully saturated rings. The standard InChI is InChI=1S/C15H19N5O3/c1-23-13-6-5-12-17-11(10-20(12)18-13)15(22)16-7-3-9-19-8-2-4-14(19)21/h5-6,10H,2-4,7-9H2,1H3,(H,16,22). The number of ether oxygens (including phenoxy) is 1. The molecule has 2 aromatic rings. The van der Waals surface area contributed by atoms with Gasteiger partial charge in [0, 0.05) is 32.1 Å². The molecule has 0 radical (unpaired) electrons. The summed E-state index contributed by atoms with van der Waals surface area (Å²) in [5.41, 5.74) is 0.890. The van der Waals surface area contributed by atoms with E-state index >= 15 is 0 Å². The van der Waals surface area contributed by atoms with Crippen molar-refractivity contribution in [1.29, 1.82) is 0 Å². The number of aromatic nitrogens is 3. The molecule has 0 aliphatic carbocycles. The van der Waals surface area contributed by atoms with Gasteiger partial charge >= 0.3 is 0 Å². The van der Waals surface area contributed by atoms with E-state index < -0.39 is 0 Å². The second kappa shape index (κ2) is 6.64. The summed E-state index contributed by atoms with van der Waals surface area (Å²) < 4.78 is 6.55. The lowest BCUT2D eigenvalue weighted by Crippen LogP contribution is -2.30. The van der Waals surface area contributed by atoms with Crippen LogP contribution in [0.3, 0.4) is 0 Å². The molecule has 0 spiro atoms. The predicted octanol–water partition coefficient (Wildman–Crippen LogP) is 0.480. The third kappa shape index (κ3) is 3.41. The van der Waals surface area contributed by atoms with Crippen molar-refractivity contribution < 1.29 is 14.3 Å². The zero-order valence-electron chi connectivity index (χ0n) is 13.0. The molecule has 1 N–H and O–H groups in total. The van der Waals surface area contributed by atoms with Crippen LogP contribution in [0.15, 0.2) is 18.3 Å². The number of methoxy groups -OCH3 is 1. The number of nitrogens with zero attached hydrogens (tertiary/aromatic N) is 4. The van der Waals surface area contributed by atoms with E-state index in [1.807, 2.05) is 4.90 Å². The van der Waals surface area contributed by atoms with Gasteiger partial charge < -0.3 is 15.0 Å². The topological polar surface area (TPSA) is 88.8 Å². The van der Waals surface area contributed by atoms with Crippen molar-refractivity contribution in [2.45, 2.75) is 19.3 Å². The van der Waals surface area contributed by atoms with Crippen LogP contribution in [0.2, 0.25) is 0 Å². The number of fused-ring (bicyclic) bond motifs is 1. The number of nitrogens with one attached hydrogen (secondary N) is 1. The number of likely N-dealkylation sites (tertiary alicyclic amines) is 1. The molecular formula is C15H19N5O3. The van der Waals surface area contributed by atoms with Gasteiger partial charge in [-0.25, -0.2) is 9.50 Å². The van der Waals surface area contributed by atoms with Gasteiger partial charge in [-0.3, -0.25) is 9.59 Å². The quantitative estimate of drug-likeness (QED) is 0.783. The Morgan fingerprint density at radius 2 is 2.30 bits per heavy atom. The van der Waals surface area contributed by atoms with Crippen molar-refractivity contribution in [2.75, 3.05) is 26.7 Å². The molecular weight excluding hydrogens is 298 g/mol. The summed E-state index contributed by atoms with van der Waals surface area (Å²) in [6, 6.07) is 3.43. The fourth-order valence-corrected chi connectivity index (χ4v) is 2.59. The number of amides is 2. The predicted molar refractivity (Wildman–Crippen MR) is 82.3 cm³/mol. The highest BCUT2D eigenvalue weighted by Crippen LogP contribution is 2.10. The average Bonchev–Trinajstić information content (AvgIpc) is 3.16. The van der Waals surface area contributed by atoms with Crippen molar-refractivity contribution >= 4 is 17.5 Å². The van der Waals surface area contributed by atoms with Crippen LogP contribution in [-0.2, 0) is 4.79 Å². The first-order valence-electron chi connectivity index (χ1n) is 7.64. The lowest BCUT2D eigenvalue weighted by atomic mass is 10.3. The Hall–Kier alpha value is -2.64. The zero-order valence-corrected chi connectivity index (χ0v) is 13.0. The van der Waals surface area contributed by atoms with Gasteiger partial charge in [-0.05, 0) is 18.9 Å². The molecule has 0 saturated carbocycles. The Bertz CT molecular complexity index is 727. The van der Waals surface area contributed by atoms with E-state index in [2.05, 4.69) is 15.4 Å². The van der Waals surface area contributed by atoms with Crippen LogP contribution >= 0.6 is 0 Å². The summed E-state index contributed by atoms with van der Waals surface area (Å²) in [4.78, 5) is 29.7. The second-order valence-electron chi connectivity index (χ2n) is 5.40. The normalized spacial score (nSPS) is 14.5. The van der Waals surface area contributed by atoms with Crippen LogP contribution in [-0.4, -0.2) is 58.1 Å². The van der Waals surface area contributed by atoms with Crippen molar-refractivity contribution in [3.05, 3.63) is 24.0 Å². The van der Waals surface area contributed by atoms with Gasteiger partial charge in [0.2, 0.25) is 11.8 Å². The van der Waals surface area contributed by atoms with Crippen LogP contribution in [0.5, 0.6) is 5.88 Å². The lowest BCUT2D eigenvalue weighted by Gasteiger charge is -2.14. The first kappa shape index (κ1) is 15.3. The summed E-state index contributed by atoms with van der Waals surface area (Å²) in [6.45, 7) is 2.02. The number of carbonyl (C=O) groups excluding carboxylic acids is 2. The average molecular weight is 317 g/mol. The Morgan fingerprint density at radius 1 is 1.43 bits per heavy atom. The molecule has 122 valence electrons. The van der Waals surface area contributed by atoms with Crippen molar-refractivity contribution in [3.63, 3.8) is 0 Å². The molecule has 23 heavy (non-hydrogen) atoms. The zero-order chi connectivity index (χ0) is 16.2. The molecule has 2 aromatic heterocycles. The SMILES string of the molecule is COc1ccc2nc(C(=O)NCCCN3CCCC3=O)cn2n1. The minimum atomic E-state index is -0.248. The number of hydrogen-bond donors (Lipinski definition) is 1. The molecule has 1 aliphatic rings. The molecule has 2 amide bonds. The number of rotatable bonds is 6. The van der Waals surface area contributed by atoms with Gasteiger partial charge in [0.25, 0.3) is 5.91 Å². The summed E-state index contributed by atoms with van der Waals surface area (Å²) in [5.74, 6) is 0.413. The highest BCUT2D eigenvalue weighted by molar-refractivity contribution is 5.92. The summed E-state index contributed by atoms with van der Waals surface area (Å²) in [6.07, 6.45) is 3.88. The van der Waals surface area contributed by atoms with E-state index in [4.69, 9.17) is 4.74 Å². The molecule has 8 nitrogen and oxygen atoms in total. The maximum Gasteiger partial charge on any atom is 0.271 e. The molecule has 0 unspecified atom stereocenters. The Balaban J connectivity index is 1.52. The molecule has 3 heterocycles. The van der Waals surface area contributed by atoms with Crippen molar-refractivity contribution in [1.82, 2.24) is 24.8 Å². The van der Waals surface area contributed by atoms with Gasteiger partial charge in [0.15, 0.2) is 5.65 Å². The van der Waals surface area contributed by atoms with Gasteiger partial charge in [-0.1, -0.05) is 0 Å². The molecule has 0 aromatic carbocycles. The van der Waals surface area contributed by atoms with Crippen LogP contribution in [0.4, 0.5) is 0 Å². The van der Waals surface area contributed by atoms with Crippen LogP contribution in [0.1, 0.15) is 29.8 Å². The van der Waals surface area contributed by atoms with Gasteiger partial charge in [-0.15, -0.1) is 5.10 Å². The second-order valence-corrected chi connectivity index (χ2v) is 5.40. The first-order chi connectivity index (χ1) is 11.2. The highest BCUT2D eigenvalue weighted by atomic mass is 16.5. The number of hydrogen-bond acceptors (Lipinski definition) is 5. The summed E-state index contributed by atoms with van der Waals surface area (Å²) in [5, 5.41) is 6.98. The van der Waals surface area contributed by atoms with Crippen LogP contribution in [0.25, 0.3) is 5.65 Å². The van der Waals surface area contributed by atoms with E-state index in [1.165, 1.54) is 11.6 Å². The van der Waals surface area contributed by atoms with E-state index in [9.17, 15) is 9.59 Å². The lowest BCUT2D eigenvalue weighted by molar-refractivity contribution is -0.127. The molecule has 8 heteroatoms. The molecule has 1 aliphatic heterocycles. The van der Waals surface area contributed by atoms with Crippen molar-refractivity contribution in [3.8, 4) is 5.88 Å². The Labute approximate surface area is 133 Å². The number of imidazole rings is 1. The Kier molecular flexibility index (Phi) is 4.40. The van der Waals surface area contributed by atoms with E-state index in [0.29, 0.717) is 36.7 Å². The third-order valence-corrected chi connectivity index (χ3v) is 3.80. The third-order valence-electron chi connectivity index (χ3n) is 3.80. The van der Waals surface area contributed by atoms with Gasteiger partial charge in [-0.2, -0.15) is 0 Å². The maximum atomic E-state index is 12.1. The maximum absolute atomic E-state index is 12.1. The van der Waals surface area contributed by atoms with Crippen molar-refractivity contribution in [2.24, 2.45) is 0 Å². The first-order valence-corrected chi connectivity index (χ1v) is 7.64. The smallest absolute Gasteiger partial charge is 0.271 e. The fraction of sp³-hybridized carbons (Fsp3) is 0.467. The van der Waals surface area contributed by atoms with E-state index in [1.54, 1.807) is 18.3 Å². The highest BCUT2D eigenvalue weighted by Gasteiger charge is 2.19. The van der Waals surface area contributed by atoms with E-state index in [-0.39, 0.29) is 11.8 Å². The summed E-state index contributed by atoms with van der Waals surface area (Å²) >= 11 is 0. The van der Waals surface area contributed by atoms with E-state index in [0.717, 1.165) is 19.4 Å². The van der Waals surface area contributed by atoms with Crippen LogP contribution in [0, 0.1) is 0 Å². The molecule has 3 rings (SSSR count). The molecule has 0 bridgehead atoms.